The molecule has 0 saturated heterocycles. The van der Waals surface area contributed by atoms with E-state index in [0.717, 1.165) is 10.6 Å². The van der Waals surface area contributed by atoms with Gasteiger partial charge in [-0.2, -0.15) is 0 Å². The SMILES string of the molecule is Cc1cc2c(cc1C)SC(=c1ccc3cc4cc(=C(C=N)C=N)ccc4cc3c1)S2. The standard InChI is InChI=1S/C26H20N2S2/c1-15-7-24-25(8-16(15)2)30-26(29-24)20-6-5-18-9-21-11-19(23(13-27)14-28)4-3-17(21)10-22(18)12-20/h3-14,27-28H,1-2H3. The quantitative estimate of drug-likeness (QED) is 0.305. The van der Waals surface area contributed by atoms with Gasteiger partial charge in [-0.05, 0) is 93.4 Å². The molecule has 1 aliphatic rings. The topological polar surface area (TPSA) is 47.7 Å². The van der Waals surface area contributed by atoms with Crippen LogP contribution >= 0.6 is 23.5 Å². The molecular formula is C26H20N2S2. The van der Waals surface area contributed by atoms with Crippen molar-refractivity contribution >= 4 is 67.3 Å². The van der Waals surface area contributed by atoms with E-state index < -0.39 is 0 Å². The van der Waals surface area contributed by atoms with Crippen LogP contribution in [0.15, 0.2) is 70.5 Å². The Bertz CT molecular complexity index is 1460. The molecule has 146 valence electrons. The first kappa shape index (κ1) is 19.2. The van der Waals surface area contributed by atoms with E-state index in [2.05, 4.69) is 68.4 Å². The molecule has 0 spiro atoms. The predicted octanol–water partition coefficient (Wildman–Crippen LogP) is 6.02. The Kier molecular flexibility index (Phi) is 4.76. The summed E-state index contributed by atoms with van der Waals surface area (Å²) in [6, 6.07) is 21.9. The van der Waals surface area contributed by atoms with Crippen LogP contribution in [-0.4, -0.2) is 12.4 Å². The van der Waals surface area contributed by atoms with Crippen LogP contribution in [0.2, 0.25) is 0 Å². The van der Waals surface area contributed by atoms with Gasteiger partial charge in [-0.25, -0.2) is 0 Å². The van der Waals surface area contributed by atoms with Gasteiger partial charge in [-0.3, -0.25) is 0 Å². The van der Waals surface area contributed by atoms with Gasteiger partial charge >= 0.3 is 0 Å². The van der Waals surface area contributed by atoms with Crippen molar-refractivity contribution in [3.63, 3.8) is 0 Å². The molecule has 0 fully saturated rings. The second kappa shape index (κ2) is 7.46. The molecule has 2 N–H and O–H groups in total. The average Bonchev–Trinajstić information content (AvgIpc) is 3.15. The fraction of sp³-hybridized carbons (Fsp3) is 0.0769. The summed E-state index contributed by atoms with van der Waals surface area (Å²) in [5.74, 6) is 0. The molecule has 0 radical (unpaired) electrons. The number of aryl methyl sites for hydroxylation is 2. The number of nitrogens with one attached hydrogen (secondary N) is 2. The van der Waals surface area contributed by atoms with E-state index in [4.69, 9.17) is 10.8 Å². The normalized spacial score (nSPS) is 12.9. The predicted molar refractivity (Wildman–Crippen MR) is 133 cm³/mol. The minimum absolute atomic E-state index is 0.615. The fourth-order valence-electron chi connectivity index (χ4n) is 3.77. The molecule has 0 aliphatic carbocycles. The molecule has 0 saturated carbocycles. The third-order valence-corrected chi connectivity index (χ3v) is 8.23. The molecule has 1 heterocycles. The van der Waals surface area contributed by atoms with Crippen molar-refractivity contribution in [1.29, 1.82) is 10.8 Å². The largest absolute Gasteiger partial charge is 0.308 e. The second-order valence-electron chi connectivity index (χ2n) is 7.59. The number of hydrogen-bond acceptors (Lipinski definition) is 4. The average molecular weight is 425 g/mol. The van der Waals surface area contributed by atoms with Crippen molar-refractivity contribution in [2.24, 2.45) is 0 Å². The Labute approximate surface area is 183 Å². The summed E-state index contributed by atoms with van der Waals surface area (Å²) >= 11 is 3.74. The van der Waals surface area contributed by atoms with Crippen LogP contribution in [0.25, 0.3) is 31.4 Å². The van der Waals surface area contributed by atoms with Gasteiger partial charge in [0.2, 0.25) is 0 Å². The van der Waals surface area contributed by atoms with Crippen LogP contribution in [0.1, 0.15) is 11.1 Å². The number of benzene rings is 4. The Morgan fingerprint density at radius 2 is 1.23 bits per heavy atom. The lowest BCUT2D eigenvalue weighted by molar-refractivity contribution is 1.18. The molecule has 0 amide bonds. The smallest absolute Gasteiger partial charge is 0.0572 e. The van der Waals surface area contributed by atoms with Gasteiger partial charge in [0.1, 0.15) is 0 Å². The lowest BCUT2D eigenvalue weighted by Gasteiger charge is -2.04. The molecular weight excluding hydrogens is 404 g/mol. The maximum absolute atomic E-state index is 7.49. The summed E-state index contributed by atoms with van der Waals surface area (Å²) in [5, 5.41) is 21.9. The highest BCUT2D eigenvalue weighted by molar-refractivity contribution is 8.32. The molecule has 0 atom stereocenters. The Balaban J connectivity index is 1.65. The van der Waals surface area contributed by atoms with E-state index in [1.54, 1.807) is 0 Å². The summed E-state index contributed by atoms with van der Waals surface area (Å²) in [5.41, 5.74) is 3.31. The van der Waals surface area contributed by atoms with Crippen LogP contribution < -0.4 is 10.4 Å². The Hall–Kier alpha value is -2.82. The van der Waals surface area contributed by atoms with E-state index in [-0.39, 0.29) is 0 Å². The third kappa shape index (κ3) is 3.26. The van der Waals surface area contributed by atoms with E-state index in [9.17, 15) is 0 Å². The van der Waals surface area contributed by atoms with Gasteiger partial charge in [0.25, 0.3) is 0 Å². The molecule has 2 nitrogen and oxygen atoms in total. The zero-order valence-corrected chi connectivity index (χ0v) is 18.4. The summed E-state index contributed by atoms with van der Waals surface area (Å²) in [6.07, 6.45) is 2.47. The molecule has 30 heavy (non-hydrogen) atoms. The molecule has 4 aromatic rings. The van der Waals surface area contributed by atoms with Crippen LogP contribution in [0.3, 0.4) is 0 Å². The van der Waals surface area contributed by atoms with Crippen LogP contribution in [0, 0.1) is 24.7 Å². The maximum atomic E-state index is 7.49. The van der Waals surface area contributed by atoms with Crippen LogP contribution in [-0.2, 0) is 0 Å². The zero-order chi connectivity index (χ0) is 20.8. The van der Waals surface area contributed by atoms with Crippen molar-refractivity contribution in [2.45, 2.75) is 23.6 Å². The van der Waals surface area contributed by atoms with Crippen molar-refractivity contribution in [1.82, 2.24) is 0 Å². The maximum Gasteiger partial charge on any atom is 0.0572 e. The van der Waals surface area contributed by atoms with Gasteiger partial charge in [0, 0.05) is 27.8 Å². The summed E-state index contributed by atoms with van der Waals surface area (Å²) in [6.45, 7) is 4.35. The highest BCUT2D eigenvalue weighted by Gasteiger charge is 2.19. The number of hydrogen-bond donors (Lipinski definition) is 2. The van der Waals surface area contributed by atoms with Crippen LogP contribution in [0.5, 0.6) is 0 Å². The summed E-state index contributed by atoms with van der Waals surface area (Å²) in [7, 11) is 0. The van der Waals surface area contributed by atoms with E-state index in [0.29, 0.717) is 5.57 Å². The molecule has 0 bridgehead atoms. The van der Waals surface area contributed by atoms with Crippen LogP contribution in [0.4, 0.5) is 0 Å². The van der Waals surface area contributed by atoms with Gasteiger partial charge < -0.3 is 10.8 Å². The molecule has 4 heteroatoms. The number of fused-ring (bicyclic) bond motifs is 3. The lowest BCUT2D eigenvalue weighted by Crippen LogP contribution is -2.07. The van der Waals surface area contributed by atoms with Gasteiger partial charge in [0.05, 0.1) is 4.24 Å². The first-order valence-electron chi connectivity index (χ1n) is 9.76. The van der Waals surface area contributed by atoms with Gasteiger partial charge in [-0.1, -0.05) is 47.8 Å². The zero-order valence-electron chi connectivity index (χ0n) is 16.7. The number of thioether (sulfide) groups is 2. The van der Waals surface area contributed by atoms with Crippen molar-refractivity contribution in [3.05, 3.63) is 82.2 Å². The number of rotatable bonds is 2. The molecule has 4 aromatic carbocycles. The first-order valence-corrected chi connectivity index (χ1v) is 11.4. The minimum atomic E-state index is 0.615. The molecule has 0 aromatic heterocycles. The highest BCUT2D eigenvalue weighted by Crippen LogP contribution is 2.52. The minimum Gasteiger partial charge on any atom is -0.308 e. The Morgan fingerprint density at radius 3 is 1.83 bits per heavy atom. The van der Waals surface area contributed by atoms with Crippen molar-refractivity contribution < 1.29 is 0 Å². The van der Waals surface area contributed by atoms with Gasteiger partial charge in [0.15, 0.2) is 0 Å². The van der Waals surface area contributed by atoms with Crippen molar-refractivity contribution in [2.75, 3.05) is 0 Å². The fourth-order valence-corrected chi connectivity index (χ4v) is 6.41. The first-order chi connectivity index (χ1) is 14.6. The Morgan fingerprint density at radius 1 is 0.667 bits per heavy atom. The van der Waals surface area contributed by atoms with E-state index in [1.807, 2.05) is 29.6 Å². The molecule has 5 rings (SSSR count). The van der Waals surface area contributed by atoms with Gasteiger partial charge in [-0.15, -0.1) is 0 Å². The lowest BCUT2D eigenvalue weighted by atomic mass is 10.0. The monoisotopic (exact) mass is 424 g/mol. The third-order valence-electron chi connectivity index (χ3n) is 5.64. The highest BCUT2D eigenvalue weighted by atomic mass is 32.2. The molecule has 1 aliphatic heterocycles. The summed E-state index contributed by atoms with van der Waals surface area (Å²) < 4.78 is 1.34. The summed E-state index contributed by atoms with van der Waals surface area (Å²) in [4.78, 5) is 2.71. The molecule has 0 unspecified atom stereocenters. The van der Waals surface area contributed by atoms with Crippen molar-refractivity contribution in [3.8, 4) is 0 Å². The second-order valence-corrected chi connectivity index (χ2v) is 9.96. The van der Waals surface area contributed by atoms with E-state index in [1.165, 1.54) is 59.0 Å². The van der Waals surface area contributed by atoms with E-state index >= 15 is 0 Å².